The van der Waals surface area contributed by atoms with Crippen molar-refractivity contribution >= 4 is 28.3 Å². The molecule has 0 radical (unpaired) electrons. The molecule has 2 aliphatic heterocycles. The van der Waals surface area contributed by atoms with Gasteiger partial charge in [0.05, 0.1) is 35.8 Å². The van der Waals surface area contributed by atoms with Crippen molar-refractivity contribution in [2.24, 2.45) is 7.05 Å². The summed E-state index contributed by atoms with van der Waals surface area (Å²) in [6.45, 7) is 5.90. The topological polar surface area (TPSA) is 69.0 Å². The van der Waals surface area contributed by atoms with Gasteiger partial charge in [-0.15, -0.1) is 5.10 Å². The fourth-order valence-electron chi connectivity index (χ4n) is 6.62. The molecule has 1 atom stereocenters. The number of rotatable bonds is 5. The van der Waals surface area contributed by atoms with E-state index >= 15 is 0 Å². The molecule has 0 amide bonds. The number of pyridine rings is 2. The fraction of sp³-hybridized carbons (Fsp3) is 0.333. The minimum atomic E-state index is -4.45. The maximum absolute atomic E-state index is 14.6. The standard InChI is InChI=1S/C33H29ClF4N6O/c1-18-5-11-25(19(2)39-18)32(29-27(15-45-32)41-42-43(29)4)22-10-12-26-23(14-22)28(34)24(30(40-26)44-16-31(3,35)17-44)13-20-6-8-21(9-7-20)33(36,37)38/h5-12,14H,13,15-17H2,1-4H3. The lowest BCUT2D eigenvalue weighted by atomic mass is 9.82. The summed E-state index contributed by atoms with van der Waals surface area (Å²) in [7, 11) is 1.82. The Kier molecular flexibility index (Phi) is 6.72. The molecule has 12 heteroatoms. The summed E-state index contributed by atoms with van der Waals surface area (Å²) >= 11 is 7.21. The molecular formula is C33H29ClF4N6O. The van der Waals surface area contributed by atoms with Crippen LogP contribution in [0.2, 0.25) is 5.02 Å². The molecule has 1 fully saturated rings. The predicted octanol–water partition coefficient (Wildman–Crippen LogP) is 7.01. The van der Waals surface area contributed by atoms with Gasteiger partial charge in [-0.25, -0.2) is 14.1 Å². The Balaban J connectivity index is 1.41. The Labute approximate surface area is 261 Å². The number of ether oxygens (including phenoxy) is 1. The predicted molar refractivity (Wildman–Crippen MR) is 162 cm³/mol. The first kappa shape index (κ1) is 29.6. The second-order valence-electron chi connectivity index (χ2n) is 12.2. The lowest BCUT2D eigenvalue weighted by Gasteiger charge is -2.44. The van der Waals surface area contributed by atoms with E-state index in [2.05, 4.69) is 10.3 Å². The normalized spacial score (nSPS) is 19.2. The summed E-state index contributed by atoms with van der Waals surface area (Å²) in [5, 5.41) is 9.63. The second-order valence-corrected chi connectivity index (χ2v) is 12.5. The van der Waals surface area contributed by atoms with E-state index < -0.39 is 23.0 Å². The molecule has 7 rings (SSSR count). The van der Waals surface area contributed by atoms with Crippen LogP contribution in [0, 0.1) is 13.8 Å². The van der Waals surface area contributed by atoms with Crippen molar-refractivity contribution in [1.29, 1.82) is 0 Å². The molecule has 7 nitrogen and oxygen atoms in total. The van der Waals surface area contributed by atoms with E-state index in [4.69, 9.17) is 26.3 Å². The highest BCUT2D eigenvalue weighted by Gasteiger charge is 2.49. The number of hydrogen-bond donors (Lipinski definition) is 0. The van der Waals surface area contributed by atoms with Crippen LogP contribution >= 0.6 is 11.6 Å². The summed E-state index contributed by atoms with van der Waals surface area (Å²) in [5.74, 6) is 0.513. The van der Waals surface area contributed by atoms with Crippen LogP contribution in [0.3, 0.4) is 0 Å². The summed E-state index contributed by atoms with van der Waals surface area (Å²) in [5.41, 5.74) is 3.39. The zero-order chi connectivity index (χ0) is 31.9. The molecule has 0 saturated carbocycles. The van der Waals surface area contributed by atoms with Gasteiger partial charge in [0.1, 0.15) is 22.9 Å². The Hall–Kier alpha value is -4.09. The minimum absolute atomic E-state index is 0.132. The number of anilines is 1. The quantitative estimate of drug-likeness (QED) is 0.193. The first-order chi connectivity index (χ1) is 21.3. The number of fused-ring (bicyclic) bond motifs is 2. The van der Waals surface area contributed by atoms with Crippen LogP contribution in [-0.4, -0.2) is 43.7 Å². The van der Waals surface area contributed by atoms with Crippen molar-refractivity contribution in [3.63, 3.8) is 0 Å². The van der Waals surface area contributed by atoms with Gasteiger partial charge < -0.3 is 9.64 Å². The van der Waals surface area contributed by atoms with Gasteiger partial charge in [-0.3, -0.25) is 4.98 Å². The van der Waals surface area contributed by atoms with Crippen molar-refractivity contribution in [3.05, 3.63) is 110 Å². The Morgan fingerprint density at radius 1 is 1.00 bits per heavy atom. The smallest absolute Gasteiger partial charge is 0.353 e. The van der Waals surface area contributed by atoms with Gasteiger partial charge in [0, 0.05) is 41.4 Å². The molecular weight excluding hydrogens is 608 g/mol. The molecule has 3 aromatic heterocycles. The third kappa shape index (κ3) is 4.84. The molecule has 232 valence electrons. The Bertz CT molecular complexity index is 1970. The van der Waals surface area contributed by atoms with Gasteiger partial charge in [-0.2, -0.15) is 13.2 Å². The van der Waals surface area contributed by atoms with Gasteiger partial charge in [0.25, 0.3) is 0 Å². The Morgan fingerprint density at radius 2 is 1.73 bits per heavy atom. The van der Waals surface area contributed by atoms with Crippen molar-refractivity contribution in [3.8, 4) is 0 Å². The highest BCUT2D eigenvalue weighted by Crippen LogP contribution is 2.48. The van der Waals surface area contributed by atoms with E-state index in [0.717, 1.165) is 40.3 Å². The average Bonchev–Trinajstić information content (AvgIpc) is 3.54. The van der Waals surface area contributed by atoms with Crippen LogP contribution in [0.5, 0.6) is 0 Å². The fourth-order valence-corrected chi connectivity index (χ4v) is 6.92. The largest absolute Gasteiger partial charge is 0.416 e. The van der Waals surface area contributed by atoms with E-state index in [1.807, 2.05) is 56.1 Å². The second kappa shape index (κ2) is 10.2. The maximum Gasteiger partial charge on any atom is 0.416 e. The molecule has 2 aromatic carbocycles. The number of benzene rings is 2. The molecule has 1 saturated heterocycles. The van der Waals surface area contributed by atoms with Crippen molar-refractivity contribution in [1.82, 2.24) is 25.0 Å². The zero-order valence-electron chi connectivity index (χ0n) is 25.0. The van der Waals surface area contributed by atoms with Gasteiger partial charge in [-0.05, 0) is 62.2 Å². The third-order valence-electron chi connectivity index (χ3n) is 8.66. The summed E-state index contributed by atoms with van der Waals surface area (Å²) in [4.78, 5) is 11.5. The summed E-state index contributed by atoms with van der Waals surface area (Å²) in [6.07, 6.45) is -4.24. The Morgan fingerprint density at radius 3 is 2.40 bits per heavy atom. The van der Waals surface area contributed by atoms with E-state index in [9.17, 15) is 17.6 Å². The van der Waals surface area contributed by atoms with Gasteiger partial charge in [-0.1, -0.05) is 41.1 Å². The van der Waals surface area contributed by atoms with Crippen molar-refractivity contribution < 1.29 is 22.3 Å². The number of nitrogens with zero attached hydrogens (tertiary/aromatic N) is 6. The first-order valence-electron chi connectivity index (χ1n) is 14.5. The zero-order valence-corrected chi connectivity index (χ0v) is 25.8. The number of halogens is 5. The molecule has 0 spiro atoms. The molecule has 1 unspecified atom stereocenters. The maximum atomic E-state index is 14.6. The molecule has 2 aliphatic rings. The summed E-state index contributed by atoms with van der Waals surface area (Å²) < 4.78 is 62.7. The van der Waals surface area contributed by atoms with Crippen LogP contribution in [0.4, 0.5) is 23.4 Å². The average molecular weight is 637 g/mol. The SMILES string of the molecule is Cc1ccc(C2(c3ccc4nc(N5CC(C)(F)C5)c(Cc5ccc(C(F)(F)F)cc5)c(Cl)c4c3)OCc3nnn(C)c32)c(C)n1. The van der Waals surface area contributed by atoms with Crippen LogP contribution in [0.25, 0.3) is 10.9 Å². The van der Waals surface area contributed by atoms with Crippen LogP contribution in [0.15, 0.2) is 54.6 Å². The van der Waals surface area contributed by atoms with E-state index in [0.29, 0.717) is 38.6 Å². The lowest BCUT2D eigenvalue weighted by molar-refractivity contribution is -0.137. The molecule has 5 heterocycles. The highest BCUT2D eigenvalue weighted by molar-refractivity contribution is 6.36. The van der Waals surface area contributed by atoms with Crippen LogP contribution < -0.4 is 4.90 Å². The van der Waals surface area contributed by atoms with Crippen molar-refractivity contribution in [2.75, 3.05) is 18.0 Å². The number of aryl methyl sites for hydroxylation is 3. The number of aromatic nitrogens is 5. The lowest BCUT2D eigenvalue weighted by Crippen LogP contribution is -2.57. The van der Waals surface area contributed by atoms with Crippen LogP contribution in [-0.2, 0) is 36.6 Å². The van der Waals surface area contributed by atoms with E-state index in [-0.39, 0.29) is 26.1 Å². The molecule has 0 bridgehead atoms. The first-order valence-corrected chi connectivity index (χ1v) is 14.8. The minimum Gasteiger partial charge on any atom is -0.353 e. The van der Waals surface area contributed by atoms with Gasteiger partial charge in [0.2, 0.25) is 0 Å². The number of hydrogen-bond acceptors (Lipinski definition) is 6. The third-order valence-corrected chi connectivity index (χ3v) is 9.10. The molecule has 45 heavy (non-hydrogen) atoms. The summed E-state index contributed by atoms with van der Waals surface area (Å²) in [6, 6.07) is 14.6. The number of alkyl halides is 4. The highest BCUT2D eigenvalue weighted by atomic mass is 35.5. The monoisotopic (exact) mass is 636 g/mol. The van der Waals surface area contributed by atoms with E-state index in [1.165, 1.54) is 19.1 Å². The van der Waals surface area contributed by atoms with Crippen LogP contribution in [0.1, 0.15) is 57.5 Å². The van der Waals surface area contributed by atoms with Gasteiger partial charge in [0.15, 0.2) is 5.60 Å². The molecule has 5 aromatic rings. The molecule has 0 N–H and O–H groups in total. The van der Waals surface area contributed by atoms with E-state index in [1.54, 1.807) is 4.68 Å². The van der Waals surface area contributed by atoms with Gasteiger partial charge >= 0.3 is 6.18 Å². The molecule has 0 aliphatic carbocycles. The van der Waals surface area contributed by atoms with Crippen molar-refractivity contribution in [2.45, 2.75) is 51.2 Å².